The van der Waals surface area contributed by atoms with Crippen LogP contribution in [0.1, 0.15) is 27.5 Å². The van der Waals surface area contributed by atoms with Crippen LogP contribution in [0.3, 0.4) is 0 Å². The Morgan fingerprint density at radius 2 is 2.06 bits per heavy atom. The van der Waals surface area contributed by atoms with Crippen molar-refractivity contribution in [2.45, 2.75) is 24.3 Å². The number of methoxy groups -OCH3 is 1. The molecule has 0 unspecified atom stereocenters. The second kappa shape index (κ2) is 11.6. The Labute approximate surface area is 210 Å². The minimum absolute atomic E-state index is 0.179. The van der Waals surface area contributed by atoms with Crippen LogP contribution >= 0.6 is 34.7 Å². The molecule has 1 amide bonds. The zero-order chi connectivity index (χ0) is 23.9. The molecule has 0 spiro atoms. The van der Waals surface area contributed by atoms with Gasteiger partial charge in [-0.25, -0.2) is 4.98 Å². The van der Waals surface area contributed by atoms with Gasteiger partial charge in [-0.15, -0.1) is 21.5 Å². The highest BCUT2D eigenvalue weighted by atomic mass is 35.5. The molecular weight excluding hydrogens is 492 g/mol. The monoisotopic (exact) mass is 514 g/mol. The number of nitrogens with zero attached hydrogens (tertiary/aromatic N) is 5. The van der Waals surface area contributed by atoms with Gasteiger partial charge < -0.3 is 10.1 Å². The van der Waals surface area contributed by atoms with E-state index in [0.29, 0.717) is 40.6 Å². The minimum Gasteiger partial charge on any atom is -0.385 e. The zero-order valence-electron chi connectivity index (χ0n) is 18.7. The molecule has 11 heteroatoms. The van der Waals surface area contributed by atoms with E-state index in [9.17, 15) is 4.79 Å². The summed E-state index contributed by atoms with van der Waals surface area (Å²) in [4.78, 5) is 20.9. The predicted octanol–water partition coefficient (Wildman–Crippen LogP) is 4.81. The average molecular weight is 515 g/mol. The van der Waals surface area contributed by atoms with E-state index in [1.165, 1.54) is 23.1 Å². The quantitative estimate of drug-likeness (QED) is 0.240. The number of pyridine rings is 1. The molecule has 4 rings (SSSR count). The second-order valence-corrected chi connectivity index (χ2v) is 9.65. The summed E-state index contributed by atoms with van der Waals surface area (Å²) in [5.41, 5.74) is 3.27. The number of thiazole rings is 1. The molecule has 3 heterocycles. The molecule has 0 aliphatic heterocycles. The first kappa shape index (κ1) is 24.3. The first-order valence-corrected chi connectivity index (χ1v) is 12.8. The molecule has 0 bridgehead atoms. The highest BCUT2D eigenvalue weighted by Crippen LogP contribution is 2.32. The molecule has 34 heavy (non-hydrogen) atoms. The molecule has 4 aromatic rings. The summed E-state index contributed by atoms with van der Waals surface area (Å²) >= 11 is 9.27. The Hall–Kier alpha value is -2.79. The van der Waals surface area contributed by atoms with Crippen LogP contribution < -0.4 is 5.32 Å². The van der Waals surface area contributed by atoms with Crippen molar-refractivity contribution in [2.75, 3.05) is 20.3 Å². The van der Waals surface area contributed by atoms with Gasteiger partial charge in [-0.2, -0.15) is 0 Å². The van der Waals surface area contributed by atoms with Crippen LogP contribution in [0.4, 0.5) is 0 Å². The number of benzene rings is 1. The van der Waals surface area contributed by atoms with E-state index >= 15 is 0 Å². The zero-order valence-corrected chi connectivity index (χ0v) is 21.1. The molecule has 0 aliphatic carbocycles. The Morgan fingerprint density at radius 3 is 2.85 bits per heavy atom. The van der Waals surface area contributed by atoms with Crippen molar-refractivity contribution >= 4 is 40.6 Å². The predicted molar refractivity (Wildman–Crippen MR) is 135 cm³/mol. The molecule has 8 nitrogen and oxygen atoms in total. The standard InChI is InChI=1S/C23H23ClN6O2S2/c1-15-4-5-17(24)12-19(15)30-21(16-6-9-25-10-7-16)28-29-23(30)34-14-20-27-18(13-33-20)22(31)26-8-3-11-32-2/h4-7,9-10,12-13H,3,8,11,14H2,1-2H3,(H,26,31). The summed E-state index contributed by atoms with van der Waals surface area (Å²) in [5, 5.41) is 15.7. The fraction of sp³-hybridized carbons (Fsp3) is 0.261. The summed E-state index contributed by atoms with van der Waals surface area (Å²) in [6.07, 6.45) is 4.21. The van der Waals surface area contributed by atoms with E-state index in [2.05, 4.69) is 25.5 Å². The van der Waals surface area contributed by atoms with Crippen LogP contribution in [-0.2, 0) is 10.5 Å². The van der Waals surface area contributed by atoms with Crippen molar-refractivity contribution < 1.29 is 9.53 Å². The van der Waals surface area contributed by atoms with Crippen molar-refractivity contribution in [1.29, 1.82) is 0 Å². The molecule has 0 radical (unpaired) electrons. The molecule has 176 valence electrons. The lowest BCUT2D eigenvalue weighted by molar-refractivity contribution is 0.0944. The van der Waals surface area contributed by atoms with Crippen molar-refractivity contribution in [3.8, 4) is 17.1 Å². The number of halogens is 1. The van der Waals surface area contributed by atoms with Crippen molar-refractivity contribution in [1.82, 2.24) is 30.0 Å². The SMILES string of the molecule is COCCCNC(=O)c1csc(CSc2nnc(-c3ccncc3)n2-c2cc(Cl)ccc2C)n1. The maximum absolute atomic E-state index is 12.3. The number of amides is 1. The number of aryl methyl sites for hydroxylation is 1. The van der Waals surface area contributed by atoms with Crippen molar-refractivity contribution in [3.63, 3.8) is 0 Å². The van der Waals surface area contributed by atoms with E-state index in [1.54, 1.807) is 24.9 Å². The highest BCUT2D eigenvalue weighted by Gasteiger charge is 2.19. The average Bonchev–Trinajstić information content (AvgIpc) is 3.50. The molecule has 1 N–H and O–H groups in total. The van der Waals surface area contributed by atoms with Gasteiger partial charge in [0, 0.05) is 48.6 Å². The largest absolute Gasteiger partial charge is 0.385 e. The number of hydrogen-bond donors (Lipinski definition) is 1. The first-order chi connectivity index (χ1) is 16.6. The number of carbonyl (C=O) groups excluding carboxylic acids is 1. The summed E-state index contributed by atoms with van der Waals surface area (Å²) in [7, 11) is 1.64. The van der Waals surface area contributed by atoms with Crippen LogP contribution in [-0.4, -0.2) is 50.9 Å². The molecule has 0 fully saturated rings. The smallest absolute Gasteiger partial charge is 0.270 e. The molecule has 0 aliphatic rings. The van der Waals surface area contributed by atoms with Gasteiger partial charge in [0.25, 0.3) is 5.91 Å². The fourth-order valence-corrected chi connectivity index (χ4v) is 5.11. The van der Waals surface area contributed by atoms with Crippen molar-refractivity contribution in [2.24, 2.45) is 0 Å². The fourth-order valence-electron chi connectivity index (χ4n) is 3.21. The topological polar surface area (TPSA) is 94.8 Å². The minimum atomic E-state index is -0.179. The van der Waals surface area contributed by atoms with Crippen LogP contribution in [0.25, 0.3) is 17.1 Å². The summed E-state index contributed by atoms with van der Waals surface area (Å²) < 4.78 is 7.00. The van der Waals surface area contributed by atoms with Gasteiger partial charge in [0.15, 0.2) is 11.0 Å². The van der Waals surface area contributed by atoms with Gasteiger partial charge in [0.1, 0.15) is 10.7 Å². The molecular formula is C23H23ClN6O2S2. The van der Waals surface area contributed by atoms with Gasteiger partial charge in [0.2, 0.25) is 0 Å². The van der Waals surface area contributed by atoms with E-state index in [4.69, 9.17) is 16.3 Å². The lowest BCUT2D eigenvalue weighted by atomic mass is 10.2. The van der Waals surface area contributed by atoms with Gasteiger partial charge in [-0.05, 0) is 43.2 Å². The second-order valence-electron chi connectivity index (χ2n) is 7.33. The van der Waals surface area contributed by atoms with E-state index in [1.807, 2.05) is 41.8 Å². The third-order valence-corrected chi connectivity index (χ3v) is 7.11. The lowest BCUT2D eigenvalue weighted by Crippen LogP contribution is -2.25. The normalized spacial score (nSPS) is 11.0. The van der Waals surface area contributed by atoms with Crippen molar-refractivity contribution in [3.05, 3.63) is 69.4 Å². The molecule has 1 aromatic carbocycles. The Bertz CT molecular complexity index is 1260. The van der Waals surface area contributed by atoms with E-state index < -0.39 is 0 Å². The maximum Gasteiger partial charge on any atom is 0.270 e. The summed E-state index contributed by atoms with van der Waals surface area (Å²) in [6.45, 7) is 3.18. The summed E-state index contributed by atoms with van der Waals surface area (Å²) in [5.74, 6) is 1.07. The Morgan fingerprint density at radius 1 is 1.24 bits per heavy atom. The van der Waals surface area contributed by atoms with Crippen LogP contribution in [0.2, 0.25) is 5.02 Å². The third-order valence-electron chi connectivity index (χ3n) is 4.90. The Balaban J connectivity index is 1.55. The lowest BCUT2D eigenvalue weighted by Gasteiger charge is -2.13. The number of hydrogen-bond acceptors (Lipinski definition) is 8. The number of carbonyl (C=O) groups is 1. The molecule has 0 atom stereocenters. The van der Waals surface area contributed by atoms with Gasteiger partial charge >= 0.3 is 0 Å². The van der Waals surface area contributed by atoms with Crippen LogP contribution in [0.5, 0.6) is 0 Å². The first-order valence-electron chi connectivity index (χ1n) is 10.5. The number of ether oxygens (including phenoxy) is 1. The van der Waals surface area contributed by atoms with Gasteiger partial charge in [-0.3, -0.25) is 14.3 Å². The Kier molecular flexibility index (Phi) is 8.28. The van der Waals surface area contributed by atoms with E-state index in [-0.39, 0.29) is 5.91 Å². The third kappa shape index (κ3) is 5.82. The number of aromatic nitrogens is 5. The number of thioether (sulfide) groups is 1. The van der Waals surface area contributed by atoms with Crippen LogP contribution in [0, 0.1) is 6.92 Å². The maximum atomic E-state index is 12.3. The highest BCUT2D eigenvalue weighted by molar-refractivity contribution is 7.98. The molecule has 0 saturated heterocycles. The van der Waals surface area contributed by atoms with Gasteiger partial charge in [-0.1, -0.05) is 29.4 Å². The number of nitrogens with one attached hydrogen (secondary N) is 1. The van der Waals surface area contributed by atoms with Gasteiger partial charge in [0.05, 0.1) is 11.4 Å². The molecule has 0 saturated carbocycles. The molecule has 3 aromatic heterocycles. The summed E-state index contributed by atoms with van der Waals surface area (Å²) in [6, 6.07) is 9.53. The van der Waals surface area contributed by atoms with E-state index in [0.717, 1.165) is 28.2 Å². The number of rotatable bonds is 10. The van der Waals surface area contributed by atoms with Crippen LogP contribution in [0.15, 0.2) is 53.3 Å².